The van der Waals surface area contributed by atoms with Gasteiger partial charge in [0.25, 0.3) is 5.91 Å². The van der Waals surface area contributed by atoms with Crippen molar-refractivity contribution < 1.29 is 19.5 Å². The van der Waals surface area contributed by atoms with Gasteiger partial charge in [0.1, 0.15) is 12.6 Å². The summed E-state index contributed by atoms with van der Waals surface area (Å²) in [5.74, 6) is -0.388. The van der Waals surface area contributed by atoms with Crippen molar-refractivity contribution in [2.24, 2.45) is 0 Å². The first kappa shape index (κ1) is 21.4. The third-order valence-electron chi connectivity index (χ3n) is 6.81. The summed E-state index contributed by atoms with van der Waals surface area (Å²) in [6.45, 7) is 3.02. The van der Waals surface area contributed by atoms with E-state index in [0.717, 1.165) is 40.6 Å². The highest BCUT2D eigenvalue weighted by atomic mass is 16.3. The van der Waals surface area contributed by atoms with Gasteiger partial charge in [-0.25, -0.2) is 4.79 Å². The van der Waals surface area contributed by atoms with Gasteiger partial charge >= 0.3 is 6.03 Å². The summed E-state index contributed by atoms with van der Waals surface area (Å²) in [6.07, 6.45) is 2.27. The number of carbonyl (C=O) groups excluding carboxylic acids is 3. The fourth-order valence-electron chi connectivity index (χ4n) is 5.03. The molecule has 170 valence electrons. The van der Waals surface area contributed by atoms with E-state index >= 15 is 0 Å². The molecular formula is C26H27N3O4. The fourth-order valence-corrected chi connectivity index (χ4v) is 5.03. The zero-order valence-corrected chi connectivity index (χ0v) is 18.7. The Morgan fingerprint density at radius 2 is 1.85 bits per heavy atom. The third kappa shape index (κ3) is 3.53. The Morgan fingerprint density at radius 3 is 2.58 bits per heavy atom. The number of unbranched alkanes of at least 4 members (excludes halogenated alkanes) is 1. The molecule has 2 aliphatic heterocycles. The van der Waals surface area contributed by atoms with Crippen molar-refractivity contribution >= 4 is 28.6 Å². The predicted molar refractivity (Wildman–Crippen MR) is 124 cm³/mol. The minimum atomic E-state index is -0.506. The Kier molecular flexibility index (Phi) is 5.50. The number of carbonyl (C=O) groups is 3. The second-order valence-electron chi connectivity index (χ2n) is 8.78. The van der Waals surface area contributed by atoms with Crippen LogP contribution >= 0.6 is 0 Å². The number of hydrogen-bond donors (Lipinski definition) is 1. The van der Waals surface area contributed by atoms with Crippen LogP contribution in [0.3, 0.4) is 0 Å². The van der Waals surface area contributed by atoms with Gasteiger partial charge in [-0.15, -0.1) is 0 Å². The van der Waals surface area contributed by atoms with Crippen molar-refractivity contribution in [2.45, 2.75) is 45.3 Å². The molecule has 0 radical (unpaired) electrons. The number of fused-ring (bicyclic) bond motifs is 4. The fraction of sp³-hybridized carbons (Fsp3) is 0.346. The first-order valence-corrected chi connectivity index (χ1v) is 11.5. The molecule has 0 aliphatic carbocycles. The molecule has 2 aliphatic rings. The van der Waals surface area contributed by atoms with Crippen LogP contribution in [-0.2, 0) is 24.3 Å². The lowest BCUT2D eigenvalue weighted by molar-refractivity contribution is -0.128. The lowest BCUT2D eigenvalue weighted by Crippen LogP contribution is -2.40. The molecule has 1 fully saturated rings. The van der Waals surface area contributed by atoms with Gasteiger partial charge in [0.15, 0.2) is 5.78 Å². The quantitative estimate of drug-likeness (QED) is 0.447. The molecule has 0 saturated carbocycles. The number of aliphatic hydroxyl groups is 1. The number of para-hydroxylation sites is 1. The maximum atomic E-state index is 13.0. The number of imide groups is 1. The van der Waals surface area contributed by atoms with Gasteiger partial charge in [-0.3, -0.25) is 14.5 Å². The average Bonchev–Trinajstić information content (AvgIpc) is 3.27. The molecule has 1 atom stereocenters. The van der Waals surface area contributed by atoms with Crippen LogP contribution < -0.4 is 0 Å². The molecule has 5 rings (SSSR count). The van der Waals surface area contributed by atoms with E-state index in [-0.39, 0.29) is 17.7 Å². The molecule has 1 N–H and O–H groups in total. The largest absolute Gasteiger partial charge is 0.388 e. The summed E-state index contributed by atoms with van der Waals surface area (Å²) in [5, 5.41) is 10.2. The Bertz CT molecular complexity index is 1240. The molecule has 2 aromatic carbocycles. The van der Waals surface area contributed by atoms with Crippen LogP contribution in [0.15, 0.2) is 48.5 Å². The van der Waals surface area contributed by atoms with Gasteiger partial charge in [-0.1, -0.05) is 55.8 Å². The van der Waals surface area contributed by atoms with E-state index in [4.69, 9.17) is 5.11 Å². The van der Waals surface area contributed by atoms with Crippen LogP contribution in [0.5, 0.6) is 0 Å². The second-order valence-corrected chi connectivity index (χ2v) is 8.78. The van der Waals surface area contributed by atoms with E-state index in [0.29, 0.717) is 31.6 Å². The monoisotopic (exact) mass is 445 g/mol. The molecule has 1 saturated heterocycles. The van der Waals surface area contributed by atoms with Crippen LogP contribution in [0.25, 0.3) is 10.9 Å². The van der Waals surface area contributed by atoms with Crippen molar-refractivity contribution in [3.8, 4) is 0 Å². The first-order valence-electron chi connectivity index (χ1n) is 11.5. The summed E-state index contributed by atoms with van der Waals surface area (Å²) in [6, 6.07) is 14.8. The van der Waals surface area contributed by atoms with Gasteiger partial charge in [-0.05, 0) is 23.6 Å². The van der Waals surface area contributed by atoms with E-state index < -0.39 is 12.6 Å². The Balaban J connectivity index is 1.51. The average molecular weight is 446 g/mol. The topological polar surface area (TPSA) is 82.8 Å². The predicted octanol–water partition coefficient (Wildman–Crippen LogP) is 3.35. The SMILES string of the molecule is CCCCN1C(=O)C2Cc3c(n(Cc4ccc(C(=O)CO)cc4)c4ccccc34)CN2C1=O. The van der Waals surface area contributed by atoms with E-state index in [1.165, 1.54) is 4.90 Å². The van der Waals surface area contributed by atoms with Crippen LogP contribution in [0.1, 0.15) is 46.9 Å². The van der Waals surface area contributed by atoms with Crippen molar-refractivity contribution in [3.05, 3.63) is 70.9 Å². The molecule has 3 heterocycles. The van der Waals surface area contributed by atoms with Crippen LogP contribution in [-0.4, -0.2) is 56.4 Å². The maximum absolute atomic E-state index is 13.0. The number of ketones is 1. The van der Waals surface area contributed by atoms with Crippen molar-refractivity contribution in [3.63, 3.8) is 0 Å². The number of aliphatic hydroxyl groups excluding tert-OH is 1. The minimum absolute atomic E-state index is 0.0833. The van der Waals surface area contributed by atoms with E-state index in [1.807, 2.05) is 24.3 Å². The molecule has 1 unspecified atom stereocenters. The normalized spacial score (nSPS) is 17.6. The van der Waals surface area contributed by atoms with Gasteiger partial charge in [0, 0.05) is 41.7 Å². The lowest BCUT2D eigenvalue weighted by atomic mass is 9.97. The third-order valence-corrected chi connectivity index (χ3v) is 6.81. The number of rotatable bonds is 7. The van der Waals surface area contributed by atoms with Gasteiger partial charge in [0.2, 0.25) is 0 Å². The molecule has 0 spiro atoms. The van der Waals surface area contributed by atoms with E-state index in [9.17, 15) is 14.4 Å². The summed E-state index contributed by atoms with van der Waals surface area (Å²) in [5.41, 5.74) is 4.76. The molecule has 7 nitrogen and oxygen atoms in total. The molecule has 3 amide bonds. The molecular weight excluding hydrogens is 418 g/mol. The standard InChI is InChI=1S/C26H27N3O4/c1-2-3-12-27-25(32)22-13-20-19-6-4-5-7-21(19)28(23(20)15-29(22)26(27)33)14-17-8-10-18(11-9-17)24(31)16-30/h4-11,22,30H,2-3,12-16H2,1H3. The summed E-state index contributed by atoms with van der Waals surface area (Å²) < 4.78 is 2.22. The maximum Gasteiger partial charge on any atom is 0.327 e. The number of benzene rings is 2. The van der Waals surface area contributed by atoms with Crippen LogP contribution in [0.4, 0.5) is 4.79 Å². The first-order chi connectivity index (χ1) is 16.0. The number of nitrogens with zero attached hydrogens (tertiary/aromatic N) is 3. The summed E-state index contributed by atoms with van der Waals surface area (Å²) >= 11 is 0. The molecule has 3 aromatic rings. The molecule has 1 aromatic heterocycles. The zero-order valence-electron chi connectivity index (χ0n) is 18.7. The zero-order chi connectivity index (χ0) is 23.1. The highest BCUT2D eigenvalue weighted by Crippen LogP contribution is 2.37. The van der Waals surface area contributed by atoms with Gasteiger partial charge < -0.3 is 14.6 Å². The highest BCUT2D eigenvalue weighted by molar-refractivity contribution is 6.05. The molecule has 0 bridgehead atoms. The molecule has 7 heteroatoms. The number of amides is 3. The van der Waals surface area contributed by atoms with E-state index in [1.54, 1.807) is 17.0 Å². The van der Waals surface area contributed by atoms with E-state index in [2.05, 4.69) is 23.6 Å². The van der Waals surface area contributed by atoms with Gasteiger partial charge in [0.05, 0.1) is 6.54 Å². The van der Waals surface area contributed by atoms with Crippen molar-refractivity contribution in [1.82, 2.24) is 14.4 Å². The van der Waals surface area contributed by atoms with Crippen LogP contribution in [0, 0.1) is 0 Å². The number of urea groups is 1. The van der Waals surface area contributed by atoms with Crippen molar-refractivity contribution in [1.29, 1.82) is 0 Å². The Morgan fingerprint density at radius 1 is 1.09 bits per heavy atom. The van der Waals surface area contributed by atoms with Crippen LogP contribution in [0.2, 0.25) is 0 Å². The number of Topliss-reactive ketones (excluding diaryl/α,β-unsaturated/α-hetero) is 1. The summed E-state index contributed by atoms with van der Waals surface area (Å²) in [7, 11) is 0. The summed E-state index contributed by atoms with van der Waals surface area (Å²) in [4.78, 5) is 41.0. The van der Waals surface area contributed by atoms with Gasteiger partial charge in [-0.2, -0.15) is 0 Å². The Hall–Kier alpha value is -3.45. The molecule has 33 heavy (non-hydrogen) atoms. The minimum Gasteiger partial charge on any atom is -0.388 e. The lowest BCUT2D eigenvalue weighted by Gasteiger charge is -2.28. The Labute approximate surface area is 192 Å². The highest BCUT2D eigenvalue weighted by Gasteiger charge is 2.48. The van der Waals surface area contributed by atoms with Crippen molar-refractivity contribution in [2.75, 3.05) is 13.2 Å². The number of hydrogen-bond acceptors (Lipinski definition) is 4. The number of aromatic nitrogens is 1. The second kappa shape index (κ2) is 8.48. The smallest absolute Gasteiger partial charge is 0.327 e.